The number of methoxy groups -OCH3 is 6. The van der Waals surface area contributed by atoms with Gasteiger partial charge >= 0.3 is 23.9 Å². The first-order valence-electron chi connectivity index (χ1n) is 28.3. The molecule has 30 heteroatoms. The molecule has 0 spiro atoms. The fourth-order valence-corrected chi connectivity index (χ4v) is 10.2. The van der Waals surface area contributed by atoms with Crippen LogP contribution in [0.2, 0.25) is 0 Å². The number of anilines is 3. The number of esters is 3. The quantitative estimate of drug-likeness (QED) is 0.00753. The van der Waals surface area contributed by atoms with Crippen molar-refractivity contribution in [3.8, 4) is 34.5 Å². The molecule has 3 aromatic carbocycles. The zero-order chi connectivity index (χ0) is 69.5. The number of rotatable bonds is 23. The van der Waals surface area contributed by atoms with E-state index in [4.69, 9.17) is 65.1 Å². The number of ketones is 3. The number of hydrogen-bond acceptors (Lipinski definition) is 25. The predicted octanol–water partition coefficient (Wildman–Crippen LogP) is 5.42. The molecule has 506 valence electrons. The third-order valence-corrected chi connectivity index (χ3v) is 14.5. The van der Waals surface area contributed by atoms with Gasteiger partial charge in [0.15, 0.2) is 37.1 Å². The van der Waals surface area contributed by atoms with Crippen LogP contribution >= 0.6 is 0 Å². The minimum Gasteiger partial charge on any atom is -0.494 e. The first kappa shape index (κ1) is 72.9. The van der Waals surface area contributed by atoms with Gasteiger partial charge in [-0.25, -0.2) is 19.2 Å². The molecule has 96 heavy (non-hydrogen) atoms. The number of pyridine rings is 3. The van der Waals surface area contributed by atoms with Gasteiger partial charge < -0.3 is 95.1 Å². The Morgan fingerprint density at radius 3 is 0.990 bits per heavy atom. The lowest BCUT2D eigenvalue weighted by Crippen LogP contribution is -2.41. The van der Waals surface area contributed by atoms with Crippen molar-refractivity contribution in [1.82, 2.24) is 23.8 Å². The smallest absolute Gasteiger partial charge is 0.379 e. The number of nitrogen functional groups attached to an aromatic ring is 3. The van der Waals surface area contributed by atoms with Gasteiger partial charge in [0.25, 0.3) is 11.8 Å². The van der Waals surface area contributed by atoms with Crippen molar-refractivity contribution in [2.24, 2.45) is 11.5 Å². The lowest BCUT2D eigenvalue weighted by atomic mass is 10.0. The standard InChI is InChI=1S/C43H42N6O12.C21H20N2O8.CH6N2.CH4/c1-22-34(38(52)24-11-13-28(44)26(17-24)42(54)58-5)48-15-7-9-30(36(48)40(22)56-3)60-19-32(50)46-21-47-33(51)20-61-31-10-8-16-49-35(23(2)41(57-4)37(31)49)39(53)25-12-14-29(45)27(18-25)43(55)59-6;1-11-17(19(25)12-6-7-14(22)13(9-12)21(26)29-3)23-8-4-5-15(18(23)20(11)28-2)30-10-16(24)31-27;2-1-3;/h7-18H,19-21,44-45H2,1-6H3,(H,46,50)(H,47,51);4-9,27H,10,22H2,1-3H3;1-3H2;1H4. The van der Waals surface area contributed by atoms with Crippen molar-refractivity contribution < 1.29 is 95.9 Å². The normalized spacial score (nSPS) is 10.5. The largest absolute Gasteiger partial charge is 0.494 e. The Labute approximate surface area is 548 Å². The Balaban J connectivity index is 0.000000348. The third-order valence-electron chi connectivity index (χ3n) is 14.5. The molecular formula is C66H72N10O20. The minimum absolute atomic E-state index is 0. The average molecular weight is 1330 g/mol. The molecule has 9 rings (SSSR count). The Kier molecular flexibility index (Phi) is 24.6. The number of amides is 2. The van der Waals surface area contributed by atoms with Gasteiger partial charge in [-0.05, 0) is 112 Å². The van der Waals surface area contributed by atoms with Gasteiger partial charge in [-0.1, -0.05) is 7.43 Å². The minimum atomic E-state index is -0.988. The fraction of sp³-hybridized carbons (Fsp3) is 0.227. The van der Waals surface area contributed by atoms with Gasteiger partial charge in [0.2, 0.25) is 17.3 Å². The number of nitrogens with one attached hydrogen (secondary N) is 2. The zero-order valence-electron chi connectivity index (χ0n) is 52.9. The van der Waals surface area contributed by atoms with E-state index in [9.17, 15) is 43.2 Å². The van der Waals surface area contributed by atoms with E-state index in [0.29, 0.717) is 50.5 Å². The van der Waals surface area contributed by atoms with Crippen molar-refractivity contribution in [3.05, 3.63) is 177 Å². The molecule has 9 aromatic rings. The molecule has 13 N–H and O–H groups in total. The molecule has 30 nitrogen and oxygen atoms in total. The fourth-order valence-electron chi connectivity index (χ4n) is 10.2. The molecular weight excluding hydrogens is 1250 g/mol. The number of carbonyl (C=O) groups excluding carboxylic acids is 9. The Morgan fingerprint density at radius 2 is 0.729 bits per heavy atom. The molecule has 6 heterocycles. The molecule has 0 atom stereocenters. The summed E-state index contributed by atoms with van der Waals surface area (Å²) in [6.45, 7) is 3.61. The second kappa shape index (κ2) is 32.4. The van der Waals surface area contributed by atoms with Crippen LogP contribution in [0.15, 0.2) is 110 Å². The summed E-state index contributed by atoms with van der Waals surface area (Å²) in [7, 11) is 7.96. The number of nitrogens with zero attached hydrogens (tertiary/aromatic N) is 3. The molecule has 6 aromatic heterocycles. The lowest BCUT2D eigenvalue weighted by molar-refractivity contribution is -0.236. The van der Waals surface area contributed by atoms with Crippen molar-refractivity contribution >= 4 is 86.7 Å². The van der Waals surface area contributed by atoms with Crippen LogP contribution in [-0.2, 0) is 33.5 Å². The van der Waals surface area contributed by atoms with Crippen LogP contribution < -0.4 is 67.7 Å². The van der Waals surface area contributed by atoms with Crippen LogP contribution in [0.3, 0.4) is 0 Å². The molecule has 0 bridgehead atoms. The Morgan fingerprint density at radius 1 is 0.448 bits per heavy atom. The highest BCUT2D eigenvalue weighted by atomic mass is 17.1. The second-order valence-electron chi connectivity index (χ2n) is 20.1. The Hall–Kier alpha value is -12.2. The first-order valence-corrected chi connectivity index (χ1v) is 28.3. The third kappa shape index (κ3) is 15.2. The topological polar surface area (TPSA) is 434 Å². The van der Waals surface area contributed by atoms with Crippen LogP contribution in [0, 0.1) is 20.8 Å². The maximum atomic E-state index is 13.8. The van der Waals surface area contributed by atoms with Gasteiger partial charge in [-0.15, -0.1) is 0 Å². The van der Waals surface area contributed by atoms with Gasteiger partial charge in [0, 0.05) is 75.7 Å². The van der Waals surface area contributed by atoms with Gasteiger partial charge in [0.05, 0.1) is 66.0 Å². The summed E-state index contributed by atoms with van der Waals surface area (Å²) in [5.41, 5.74) is 31.6. The summed E-state index contributed by atoms with van der Waals surface area (Å²) in [4.78, 5) is 118. The zero-order valence-corrected chi connectivity index (χ0v) is 52.9. The maximum absolute atomic E-state index is 13.8. The summed E-state index contributed by atoms with van der Waals surface area (Å²) < 4.78 is 53.0. The van der Waals surface area contributed by atoms with E-state index in [0.717, 1.165) is 0 Å². The van der Waals surface area contributed by atoms with Gasteiger partial charge in [0.1, 0.15) is 50.9 Å². The van der Waals surface area contributed by atoms with Crippen molar-refractivity contribution in [1.29, 1.82) is 0 Å². The van der Waals surface area contributed by atoms with Crippen LogP contribution in [0.1, 0.15) is 103 Å². The number of benzene rings is 3. The number of nitrogens with two attached hydrogens (primary N) is 5. The molecule has 0 aliphatic carbocycles. The number of ether oxygens (including phenoxy) is 9. The highest BCUT2D eigenvalue weighted by molar-refractivity contribution is 6.14. The molecule has 0 fully saturated rings. The van der Waals surface area contributed by atoms with E-state index >= 15 is 0 Å². The second-order valence-corrected chi connectivity index (χ2v) is 20.1. The van der Waals surface area contributed by atoms with E-state index in [1.54, 1.807) is 89.0 Å². The van der Waals surface area contributed by atoms with Crippen molar-refractivity contribution in [2.45, 2.75) is 28.2 Å². The van der Waals surface area contributed by atoms with E-state index in [1.165, 1.54) is 97.3 Å². The number of hydrogen-bond donors (Lipinski definition) is 8. The Bertz CT molecular complexity index is 4290. The molecule has 0 unspecified atom stereocenters. The van der Waals surface area contributed by atoms with Crippen LogP contribution in [0.4, 0.5) is 17.1 Å². The number of aromatic nitrogens is 3. The van der Waals surface area contributed by atoms with Crippen LogP contribution in [0.5, 0.6) is 34.5 Å². The van der Waals surface area contributed by atoms with Crippen LogP contribution in [0.25, 0.3) is 16.6 Å². The van der Waals surface area contributed by atoms with E-state index in [1.807, 2.05) is 0 Å². The van der Waals surface area contributed by atoms with Crippen LogP contribution in [-0.4, -0.2) is 147 Å². The van der Waals surface area contributed by atoms with E-state index < -0.39 is 72.9 Å². The molecule has 0 aliphatic rings. The predicted molar refractivity (Wildman–Crippen MR) is 349 cm³/mol. The first-order chi connectivity index (χ1) is 45.5. The summed E-state index contributed by atoms with van der Waals surface area (Å²) in [6, 6.07) is 22.6. The monoisotopic (exact) mass is 1320 g/mol. The average Bonchev–Trinajstić information content (AvgIpc) is 1.60. The summed E-state index contributed by atoms with van der Waals surface area (Å²) in [6.07, 6.45) is 4.91. The summed E-state index contributed by atoms with van der Waals surface area (Å²) >= 11 is 0. The van der Waals surface area contributed by atoms with Gasteiger partial charge in [-0.2, -0.15) is 5.26 Å². The van der Waals surface area contributed by atoms with Crippen molar-refractivity contribution in [3.63, 3.8) is 0 Å². The maximum Gasteiger partial charge on any atom is 0.379 e. The lowest BCUT2D eigenvalue weighted by Gasteiger charge is -2.12. The summed E-state index contributed by atoms with van der Waals surface area (Å²) in [5, 5.41) is 13.5. The highest BCUT2D eigenvalue weighted by Crippen LogP contribution is 2.41. The van der Waals surface area contributed by atoms with E-state index in [2.05, 4.69) is 27.0 Å². The molecule has 0 aliphatic heterocycles. The van der Waals surface area contributed by atoms with Crippen molar-refractivity contribution in [2.75, 3.05) is 93.0 Å². The molecule has 0 saturated heterocycles. The van der Waals surface area contributed by atoms with E-state index in [-0.39, 0.29) is 106 Å². The van der Waals surface area contributed by atoms with Gasteiger partial charge in [-0.3, -0.25) is 28.9 Å². The highest BCUT2D eigenvalue weighted by Gasteiger charge is 2.30. The molecule has 0 saturated carbocycles. The SMILES string of the molecule is C.COC(=O)c1cc(C(=O)c2c(C)c(OC)c3c(OCC(=O)NCNC(=O)COc4cccn5c(C(=O)c6ccc(N)c(C(=O)OC)c6)c(C)c(OC)c45)cccn23)ccc1N.COC(=O)c1cc(C(=O)c2c(C)c(OC)c3c(OCC(=O)OO)cccn23)ccc1N.NCN. The number of fused-ring (bicyclic) bond motifs is 3. The molecule has 0 radical (unpaired) electrons. The molecule has 2 amide bonds. The summed E-state index contributed by atoms with van der Waals surface area (Å²) in [5.74, 6) is -3.71. The number of carbonyl (C=O) groups is 9.